The Morgan fingerprint density at radius 2 is 1.88 bits per heavy atom. The van der Waals surface area contributed by atoms with E-state index in [4.69, 9.17) is 0 Å². The Balaban J connectivity index is 1.48. The summed E-state index contributed by atoms with van der Waals surface area (Å²) in [7, 11) is 0. The molecule has 1 saturated heterocycles. The van der Waals surface area contributed by atoms with Crippen molar-refractivity contribution in [2.75, 3.05) is 13.1 Å². The van der Waals surface area contributed by atoms with Crippen LogP contribution in [0.4, 0.5) is 4.39 Å². The second-order valence-electron chi connectivity index (χ2n) is 6.26. The van der Waals surface area contributed by atoms with E-state index in [0.717, 1.165) is 18.4 Å². The van der Waals surface area contributed by atoms with Gasteiger partial charge < -0.3 is 9.88 Å². The Morgan fingerprint density at radius 3 is 2.64 bits per heavy atom. The smallest absolute Gasteiger partial charge is 0.325 e. The summed E-state index contributed by atoms with van der Waals surface area (Å²) in [5, 5.41) is 0. The van der Waals surface area contributed by atoms with Crippen LogP contribution in [0.1, 0.15) is 34.8 Å². The lowest BCUT2D eigenvalue weighted by atomic mass is 9.89. The highest BCUT2D eigenvalue weighted by Crippen LogP contribution is 2.30. The van der Waals surface area contributed by atoms with E-state index in [0.29, 0.717) is 29.9 Å². The van der Waals surface area contributed by atoms with Crippen molar-refractivity contribution in [1.29, 1.82) is 0 Å². The van der Waals surface area contributed by atoms with Crippen molar-refractivity contribution in [2.24, 2.45) is 0 Å². The molecule has 3 heterocycles. The molecule has 0 spiro atoms. The topological polar surface area (TPSA) is 81.8 Å². The first kappa shape index (κ1) is 15.6. The van der Waals surface area contributed by atoms with Crippen LogP contribution >= 0.6 is 0 Å². The molecule has 128 valence electrons. The number of nitrogens with one attached hydrogen (secondary N) is 2. The molecule has 0 aliphatic carbocycles. The van der Waals surface area contributed by atoms with Gasteiger partial charge >= 0.3 is 5.69 Å². The highest BCUT2D eigenvalue weighted by atomic mass is 19.1. The number of hydrogen-bond donors (Lipinski definition) is 2. The fourth-order valence-electron chi connectivity index (χ4n) is 3.40. The molecule has 1 aliphatic heterocycles. The van der Waals surface area contributed by atoms with Crippen molar-refractivity contribution >= 4 is 17.1 Å². The maximum atomic E-state index is 13.9. The van der Waals surface area contributed by atoms with Crippen molar-refractivity contribution in [3.05, 3.63) is 64.0 Å². The van der Waals surface area contributed by atoms with Gasteiger partial charge in [-0.3, -0.25) is 9.78 Å². The summed E-state index contributed by atoms with van der Waals surface area (Å²) < 4.78 is 13.9. The Morgan fingerprint density at radius 1 is 1.12 bits per heavy atom. The molecular weight excluding hydrogens is 323 g/mol. The van der Waals surface area contributed by atoms with Gasteiger partial charge in [0.05, 0.1) is 5.52 Å². The Bertz CT molecular complexity index is 986. The van der Waals surface area contributed by atoms with Gasteiger partial charge in [-0.2, -0.15) is 0 Å². The highest BCUT2D eigenvalue weighted by Gasteiger charge is 2.26. The summed E-state index contributed by atoms with van der Waals surface area (Å²) in [6, 6.07) is 10.1. The van der Waals surface area contributed by atoms with Crippen LogP contribution in [0.5, 0.6) is 0 Å². The molecule has 6 nitrogen and oxygen atoms in total. The molecule has 1 aromatic carbocycles. The van der Waals surface area contributed by atoms with E-state index in [1.165, 1.54) is 6.07 Å². The zero-order valence-electron chi connectivity index (χ0n) is 13.5. The van der Waals surface area contributed by atoms with Crippen LogP contribution in [0.25, 0.3) is 11.2 Å². The minimum Gasteiger partial charge on any atom is -0.337 e. The molecule has 3 aromatic rings. The molecule has 0 bridgehead atoms. The lowest BCUT2D eigenvalue weighted by molar-refractivity contribution is 0.0707. The molecule has 25 heavy (non-hydrogen) atoms. The number of hydrogen-bond acceptors (Lipinski definition) is 3. The number of fused-ring (bicyclic) bond motifs is 1. The van der Waals surface area contributed by atoms with E-state index >= 15 is 0 Å². The second-order valence-corrected chi connectivity index (χ2v) is 6.26. The standard InChI is InChI=1S/C18H17FN4O2/c19-13-4-2-1-3-12(13)11-7-9-23(10-8-11)17(24)15-6-5-14-16(20-15)22-18(25)21-14/h1-6,11H,7-10H2,(H2,20,21,22,25). The molecular formula is C18H17FN4O2. The number of carbonyl (C=O) groups is 1. The van der Waals surface area contributed by atoms with E-state index < -0.39 is 0 Å². The van der Waals surface area contributed by atoms with Gasteiger partial charge in [0.1, 0.15) is 11.5 Å². The Hall–Kier alpha value is -2.96. The third-order valence-corrected chi connectivity index (χ3v) is 4.72. The third-order valence-electron chi connectivity index (χ3n) is 4.72. The molecule has 0 radical (unpaired) electrons. The van der Waals surface area contributed by atoms with E-state index in [-0.39, 0.29) is 23.3 Å². The number of aromatic nitrogens is 3. The van der Waals surface area contributed by atoms with Crippen LogP contribution in [0, 0.1) is 5.82 Å². The zero-order valence-corrected chi connectivity index (χ0v) is 13.5. The van der Waals surface area contributed by atoms with E-state index in [2.05, 4.69) is 15.0 Å². The molecule has 7 heteroatoms. The van der Waals surface area contributed by atoms with E-state index in [1.807, 2.05) is 12.1 Å². The van der Waals surface area contributed by atoms with Crippen LogP contribution in [0.2, 0.25) is 0 Å². The number of likely N-dealkylation sites (tertiary alicyclic amines) is 1. The van der Waals surface area contributed by atoms with Crippen LogP contribution < -0.4 is 5.69 Å². The third kappa shape index (κ3) is 2.93. The second kappa shape index (κ2) is 6.16. The minimum atomic E-state index is -0.349. The quantitative estimate of drug-likeness (QED) is 0.752. The van der Waals surface area contributed by atoms with Crippen LogP contribution in [0.3, 0.4) is 0 Å². The first-order valence-corrected chi connectivity index (χ1v) is 8.24. The van der Waals surface area contributed by atoms with Crippen molar-refractivity contribution in [3.8, 4) is 0 Å². The number of amides is 1. The van der Waals surface area contributed by atoms with Crippen molar-refractivity contribution < 1.29 is 9.18 Å². The molecule has 0 atom stereocenters. The van der Waals surface area contributed by atoms with Gasteiger partial charge in [0.25, 0.3) is 5.91 Å². The monoisotopic (exact) mass is 340 g/mol. The number of carbonyl (C=O) groups excluding carboxylic acids is 1. The van der Waals surface area contributed by atoms with Gasteiger partial charge in [0.2, 0.25) is 0 Å². The fourth-order valence-corrected chi connectivity index (χ4v) is 3.40. The normalized spacial score (nSPS) is 15.6. The molecule has 1 aliphatic rings. The summed E-state index contributed by atoms with van der Waals surface area (Å²) in [5.74, 6) is -0.228. The lowest BCUT2D eigenvalue weighted by Gasteiger charge is -2.32. The molecule has 2 aromatic heterocycles. The average molecular weight is 340 g/mol. The Labute approximate surface area is 142 Å². The number of pyridine rings is 1. The van der Waals surface area contributed by atoms with Crippen LogP contribution in [0.15, 0.2) is 41.2 Å². The average Bonchev–Trinajstić information content (AvgIpc) is 3.01. The van der Waals surface area contributed by atoms with Crippen molar-refractivity contribution in [2.45, 2.75) is 18.8 Å². The Kier molecular flexibility index (Phi) is 3.83. The molecule has 0 unspecified atom stereocenters. The zero-order chi connectivity index (χ0) is 17.4. The van der Waals surface area contributed by atoms with E-state index in [1.54, 1.807) is 23.1 Å². The summed E-state index contributed by atoms with van der Waals surface area (Å²) in [5.41, 5.74) is 1.61. The number of imidazole rings is 1. The van der Waals surface area contributed by atoms with Gasteiger partial charge in [0.15, 0.2) is 5.65 Å². The van der Waals surface area contributed by atoms with Gasteiger partial charge in [0, 0.05) is 13.1 Å². The van der Waals surface area contributed by atoms with Gasteiger partial charge in [-0.25, -0.2) is 14.2 Å². The maximum Gasteiger partial charge on any atom is 0.325 e. The molecule has 1 fully saturated rings. The van der Waals surface area contributed by atoms with Gasteiger partial charge in [-0.05, 0) is 42.5 Å². The largest absolute Gasteiger partial charge is 0.337 e. The number of H-pyrrole nitrogens is 2. The summed E-state index contributed by atoms with van der Waals surface area (Å²) in [4.78, 5) is 35.1. The number of benzene rings is 1. The number of aromatic amines is 2. The highest BCUT2D eigenvalue weighted by molar-refractivity contribution is 5.94. The first-order valence-electron chi connectivity index (χ1n) is 8.24. The SMILES string of the molecule is O=C(c1ccc2[nH]c(=O)[nH]c2n1)N1CCC(c2ccccc2F)CC1. The summed E-state index contributed by atoms with van der Waals surface area (Å²) >= 11 is 0. The molecule has 4 rings (SSSR count). The van der Waals surface area contributed by atoms with Crippen molar-refractivity contribution in [1.82, 2.24) is 19.9 Å². The maximum absolute atomic E-state index is 13.9. The minimum absolute atomic E-state index is 0.127. The van der Waals surface area contributed by atoms with Crippen LogP contribution in [-0.4, -0.2) is 38.8 Å². The van der Waals surface area contributed by atoms with Crippen LogP contribution in [-0.2, 0) is 0 Å². The molecule has 0 saturated carbocycles. The summed E-state index contributed by atoms with van der Waals surface area (Å²) in [6.07, 6.45) is 1.44. The summed E-state index contributed by atoms with van der Waals surface area (Å²) in [6.45, 7) is 1.11. The number of piperidine rings is 1. The number of halogens is 1. The lowest BCUT2D eigenvalue weighted by Crippen LogP contribution is -2.38. The molecule has 1 amide bonds. The molecule has 2 N–H and O–H groups in total. The fraction of sp³-hybridized carbons (Fsp3) is 0.278. The predicted molar refractivity (Wildman–Crippen MR) is 91.0 cm³/mol. The first-order chi connectivity index (χ1) is 12.1. The van der Waals surface area contributed by atoms with Gasteiger partial charge in [-0.15, -0.1) is 0 Å². The van der Waals surface area contributed by atoms with E-state index in [9.17, 15) is 14.0 Å². The number of nitrogens with zero attached hydrogens (tertiary/aromatic N) is 2. The van der Waals surface area contributed by atoms with Crippen molar-refractivity contribution in [3.63, 3.8) is 0 Å². The number of rotatable bonds is 2. The van der Waals surface area contributed by atoms with Gasteiger partial charge in [-0.1, -0.05) is 18.2 Å². The predicted octanol–water partition coefficient (Wildman–Crippen LogP) is 2.41.